The van der Waals surface area contributed by atoms with Gasteiger partial charge in [-0.2, -0.15) is 4.31 Å². The van der Waals surface area contributed by atoms with Crippen molar-refractivity contribution in [1.82, 2.24) is 14.9 Å². The average molecular weight is 555 g/mol. The summed E-state index contributed by atoms with van der Waals surface area (Å²) in [7, 11) is -3.36. The molecule has 0 bridgehead atoms. The third-order valence-electron chi connectivity index (χ3n) is 4.29. The maximum Gasteiger partial charge on any atom is 0.252 e. The predicted octanol–water partition coefficient (Wildman–Crippen LogP) is 3.86. The smallest absolute Gasteiger partial charge is 0.252 e. The van der Waals surface area contributed by atoms with Gasteiger partial charge >= 0.3 is 0 Å². The maximum atomic E-state index is 12.8. The quantitative estimate of drug-likeness (QED) is 0.310. The molecule has 0 atom stereocenters. The number of halogens is 1. The topological polar surface area (TPSA) is 73.8 Å². The summed E-state index contributed by atoms with van der Waals surface area (Å²) < 4.78 is 27.5. The highest BCUT2D eigenvalue weighted by atomic mass is 127. The molecule has 0 radical (unpaired) electrons. The van der Waals surface area contributed by atoms with E-state index in [0.29, 0.717) is 23.8 Å². The van der Waals surface area contributed by atoms with Crippen LogP contribution in [0.1, 0.15) is 35.9 Å². The molecule has 2 N–H and O–H groups in total. The molecule has 1 aliphatic heterocycles. The van der Waals surface area contributed by atoms with Crippen molar-refractivity contribution in [2.75, 3.05) is 19.6 Å². The molecule has 0 aliphatic carbocycles. The highest BCUT2D eigenvalue weighted by molar-refractivity contribution is 14.0. The molecule has 0 spiro atoms. The zero-order chi connectivity index (χ0) is 19.1. The van der Waals surface area contributed by atoms with Gasteiger partial charge in [-0.1, -0.05) is 12.5 Å². The molecule has 28 heavy (non-hydrogen) atoms. The van der Waals surface area contributed by atoms with Crippen LogP contribution in [0.4, 0.5) is 0 Å². The van der Waals surface area contributed by atoms with Crippen molar-refractivity contribution >= 4 is 62.6 Å². The molecular weight excluding hydrogens is 527 g/mol. The number of hydrogen-bond donors (Lipinski definition) is 2. The van der Waals surface area contributed by atoms with E-state index in [9.17, 15) is 8.42 Å². The lowest BCUT2D eigenvalue weighted by molar-refractivity contribution is 0.347. The van der Waals surface area contributed by atoms with Gasteiger partial charge < -0.3 is 10.6 Å². The number of rotatable bonds is 7. The van der Waals surface area contributed by atoms with Crippen LogP contribution in [0.5, 0.6) is 0 Å². The second kappa shape index (κ2) is 11.5. The van der Waals surface area contributed by atoms with Gasteiger partial charge in [0.1, 0.15) is 4.21 Å². The Morgan fingerprint density at radius 1 is 1.14 bits per heavy atom. The number of thiophene rings is 2. The fourth-order valence-corrected chi connectivity index (χ4v) is 6.49. The van der Waals surface area contributed by atoms with Gasteiger partial charge in [0.2, 0.25) is 0 Å². The summed E-state index contributed by atoms with van der Waals surface area (Å²) >= 11 is 3.02. The summed E-state index contributed by atoms with van der Waals surface area (Å²) in [5.41, 5.74) is 0. The van der Waals surface area contributed by atoms with E-state index in [1.165, 1.54) is 16.2 Å². The zero-order valence-corrected chi connectivity index (χ0v) is 20.7. The van der Waals surface area contributed by atoms with E-state index < -0.39 is 10.0 Å². The fourth-order valence-electron chi connectivity index (χ4n) is 2.90. The first-order valence-electron chi connectivity index (χ1n) is 9.23. The number of piperidine rings is 1. The van der Waals surface area contributed by atoms with Gasteiger partial charge in [-0.15, -0.1) is 46.7 Å². The van der Waals surface area contributed by atoms with E-state index in [1.807, 2.05) is 19.1 Å². The normalized spacial score (nSPS) is 15.8. The maximum absolute atomic E-state index is 12.8. The Morgan fingerprint density at radius 2 is 1.93 bits per heavy atom. The van der Waals surface area contributed by atoms with Crippen LogP contribution in [-0.2, 0) is 23.1 Å². The largest absolute Gasteiger partial charge is 0.357 e. The second-order valence-electron chi connectivity index (χ2n) is 6.31. The Labute approximate surface area is 192 Å². The van der Waals surface area contributed by atoms with Crippen LogP contribution in [0.15, 0.2) is 38.8 Å². The fraction of sp³-hybridized carbons (Fsp3) is 0.500. The van der Waals surface area contributed by atoms with Crippen LogP contribution in [0.2, 0.25) is 0 Å². The molecule has 0 aromatic carbocycles. The summed E-state index contributed by atoms with van der Waals surface area (Å²) in [5.74, 6) is 0.736. The van der Waals surface area contributed by atoms with Crippen LogP contribution in [0, 0.1) is 0 Å². The van der Waals surface area contributed by atoms with Crippen molar-refractivity contribution < 1.29 is 8.42 Å². The summed E-state index contributed by atoms with van der Waals surface area (Å²) in [6, 6.07) is 7.69. The number of hydrogen-bond acceptors (Lipinski definition) is 5. The van der Waals surface area contributed by atoms with E-state index in [0.717, 1.165) is 43.2 Å². The lowest BCUT2D eigenvalue weighted by Gasteiger charge is -2.25. The van der Waals surface area contributed by atoms with Crippen LogP contribution in [-0.4, -0.2) is 38.3 Å². The Bertz CT molecular complexity index is 844. The number of aliphatic imine (C=N–C) groups is 1. The average Bonchev–Trinajstić information content (AvgIpc) is 3.37. The van der Waals surface area contributed by atoms with Crippen molar-refractivity contribution in [2.45, 2.75) is 43.5 Å². The van der Waals surface area contributed by atoms with E-state index in [1.54, 1.807) is 21.7 Å². The molecule has 0 amide bonds. The van der Waals surface area contributed by atoms with E-state index >= 15 is 0 Å². The van der Waals surface area contributed by atoms with E-state index in [2.05, 4.69) is 27.1 Å². The van der Waals surface area contributed by atoms with Crippen molar-refractivity contribution in [3.63, 3.8) is 0 Å². The minimum absolute atomic E-state index is 0. The third kappa shape index (κ3) is 6.41. The van der Waals surface area contributed by atoms with Crippen LogP contribution in [0.25, 0.3) is 0 Å². The van der Waals surface area contributed by atoms with Crippen molar-refractivity contribution in [1.29, 1.82) is 0 Å². The van der Waals surface area contributed by atoms with Gasteiger partial charge in [-0.05, 0) is 43.3 Å². The minimum Gasteiger partial charge on any atom is -0.357 e. The highest BCUT2D eigenvalue weighted by Crippen LogP contribution is 2.27. The molecule has 6 nitrogen and oxygen atoms in total. The molecule has 3 heterocycles. The lowest BCUT2D eigenvalue weighted by Crippen LogP contribution is -2.36. The Kier molecular flexibility index (Phi) is 9.67. The van der Waals surface area contributed by atoms with Gasteiger partial charge in [0.25, 0.3) is 10.0 Å². The monoisotopic (exact) mass is 554 g/mol. The summed E-state index contributed by atoms with van der Waals surface area (Å²) in [5, 5.41) is 8.59. The van der Waals surface area contributed by atoms with Gasteiger partial charge in [0, 0.05) is 29.4 Å². The van der Waals surface area contributed by atoms with E-state index in [4.69, 9.17) is 0 Å². The van der Waals surface area contributed by atoms with Crippen LogP contribution in [0.3, 0.4) is 0 Å². The first-order chi connectivity index (χ1) is 13.1. The van der Waals surface area contributed by atoms with Crippen LogP contribution >= 0.6 is 46.7 Å². The van der Waals surface area contributed by atoms with Gasteiger partial charge in [0.05, 0.1) is 13.1 Å². The molecule has 3 rings (SSSR count). The summed E-state index contributed by atoms with van der Waals surface area (Å²) in [6.45, 7) is 5.24. The number of nitrogens with one attached hydrogen (secondary N) is 2. The number of nitrogens with zero attached hydrogens (tertiary/aromatic N) is 2. The molecule has 10 heteroatoms. The molecule has 156 valence electrons. The molecule has 2 aromatic heterocycles. The van der Waals surface area contributed by atoms with Crippen LogP contribution < -0.4 is 10.6 Å². The Balaban J connectivity index is 0.00000280. The second-order valence-corrected chi connectivity index (χ2v) is 10.7. The highest BCUT2D eigenvalue weighted by Gasteiger charge is 2.27. The Hall–Kier alpha value is -0.690. The summed E-state index contributed by atoms with van der Waals surface area (Å²) in [4.78, 5) is 6.78. The minimum atomic E-state index is -3.36. The summed E-state index contributed by atoms with van der Waals surface area (Å²) in [6.07, 6.45) is 3.01. The Morgan fingerprint density at radius 3 is 2.61 bits per heavy atom. The molecular formula is C18H27IN4O2S3. The van der Waals surface area contributed by atoms with Crippen molar-refractivity contribution in [2.24, 2.45) is 4.99 Å². The molecule has 0 saturated carbocycles. The predicted molar refractivity (Wildman–Crippen MR) is 128 cm³/mol. The van der Waals surface area contributed by atoms with Gasteiger partial charge in [-0.3, -0.25) is 0 Å². The molecule has 1 fully saturated rings. The van der Waals surface area contributed by atoms with Crippen molar-refractivity contribution in [3.05, 3.63) is 39.4 Å². The third-order valence-corrected chi connectivity index (χ3v) is 8.61. The van der Waals surface area contributed by atoms with Crippen molar-refractivity contribution in [3.8, 4) is 0 Å². The molecule has 2 aromatic rings. The van der Waals surface area contributed by atoms with E-state index in [-0.39, 0.29) is 24.0 Å². The number of guanidine groups is 1. The van der Waals surface area contributed by atoms with Gasteiger partial charge in [0.15, 0.2) is 5.96 Å². The lowest BCUT2D eigenvalue weighted by atomic mass is 10.2. The first kappa shape index (κ1) is 23.6. The zero-order valence-electron chi connectivity index (χ0n) is 15.9. The molecule has 0 unspecified atom stereocenters. The SMILES string of the molecule is CCNC(=NCc1ccc(S(=O)(=O)N2CCCCC2)s1)NCc1cccs1.I. The number of sulfonamides is 1. The molecule has 1 saturated heterocycles. The van der Waals surface area contributed by atoms with Gasteiger partial charge in [-0.25, -0.2) is 13.4 Å². The first-order valence-corrected chi connectivity index (χ1v) is 12.4. The molecule has 1 aliphatic rings. The standard InChI is InChI=1S/C18H26N4O2S3.HI/c1-2-19-18(20-13-15-7-6-12-25-15)21-14-16-8-9-17(26-16)27(23,24)22-10-4-3-5-11-22;/h6-9,12H,2-5,10-11,13-14H2,1H3,(H2,19,20,21);1H.